The molecule has 0 aliphatic carbocycles. The first-order valence-electron chi connectivity index (χ1n) is 9.72. The maximum Gasteiger partial charge on any atom is 0.469 e. The molecule has 28 heavy (non-hydrogen) atoms. The van der Waals surface area contributed by atoms with Gasteiger partial charge in [0.05, 0.1) is 6.61 Å². The third kappa shape index (κ3) is 14.2. The quantitative estimate of drug-likeness (QED) is 0.173. The van der Waals surface area contributed by atoms with Gasteiger partial charge in [-0.3, -0.25) is 0 Å². The van der Waals surface area contributed by atoms with Gasteiger partial charge < -0.3 is 17.1 Å². The van der Waals surface area contributed by atoms with E-state index in [0.717, 1.165) is 0 Å². The number of ether oxygens (including phenoxy) is 1. The highest BCUT2D eigenvalue weighted by atomic mass is 28.5. The van der Waals surface area contributed by atoms with Gasteiger partial charge >= 0.3 is 14.8 Å². The van der Waals surface area contributed by atoms with Crippen molar-refractivity contribution >= 4 is 44.1 Å². The first kappa shape index (κ1) is 27.2. The van der Waals surface area contributed by atoms with Crippen LogP contribution in [-0.4, -0.2) is 50.7 Å². The Hall–Kier alpha value is -0.822. The van der Waals surface area contributed by atoms with E-state index in [2.05, 4.69) is 65.2 Å². The van der Waals surface area contributed by atoms with Crippen LogP contribution in [0.25, 0.3) is 0 Å². The third-order valence-corrected chi connectivity index (χ3v) is 14.8. The topological polar surface area (TPSA) is 54.0 Å². The molecule has 0 aromatic rings. The average molecular weight is 459 g/mol. The van der Waals surface area contributed by atoms with Crippen LogP contribution in [0.1, 0.15) is 54.9 Å². The van der Waals surface area contributed by atoms with Crippen LogP contribution in [0, 0.1) is 0 Å². The molecule has 0 saturated carbocycles. The maximum absolute atomic E-state index is 11.6. The van der Waals surface area contributed by atoms with E-state index in [1.807, 2.05) is 0 Å². The standard InChI is InChI=1S/C19H38O5Si4/c1-15(2)12-25-22-28(23-26-13-16(3)4,24-27-14-17(5)6)11-9-10-21-19(20)18(7)8/h12-14H,7,9-11,25-27H2,1-6,8H3. The minimum Gasteiger partial charge on any atom is -0.462 e. The van der Waals surface area contributed by atoms with Crippen LogP contribution in [0.5, 0.6) is 0 Å². The Morgan fingerprint density at radius 1 is 0.821 bits per heavy atom. The molecule has 5 nitrogen and oxygen atoms in total. The lowest BCUT2D eigenvalue weighted by Crippen LogP contribution is -2.48. The summed E-state index contributed by atoms with van der Waals surface area (Å²) >= 11 is 0. The number of allylic oxidation sites excluding steroid dienone is 3. The molecule has 0 aromatic heterocycles. The van der Waals surface area contributed by atoms with Crippen LogP contribution in [0.3, 0.4) is 0 Å². The van der Waals surface area contributed by atoms with E-state index in [1.54, 1.807) is 6.92 Å². The van der Waals surface area contributed by atoms with Gasteiger partial charge in [-0.25, -0.2) is 4.79 Å². The summed E-state index contributed by atoms with van der Waals surface area (Å²) in [5, 5.41) is 0. The van der Waals surface area contributed by atoms with Crippen LogP contribution >= 0.6 is 0 Å². The second-order valence-corrected chi connectivity index (χ2v) is 15.0. The van der Waals surface area contributed by atoms with E-state index in [9.17, 15) is 4.79 Å². The molecule has 0 aliphatic rings. The van der Waals surface area contributed by atoms with Gasteiger partial charge in [0.2, 0.25) is 0 Å². The summed E-state index contributed by atoms with van der Waals surface area (Å²) in [6.07, 6.45) is 0.668. The molecule has 0 bridgehead atoms. The van der Waals surface area contributed by atoms with Crippen LogP contribution < -0.4 is 0 Å². The summed E-state index contributed by atoms with van der Waals surface area (Å²) in [6.45, 7) is 18.1. The fraction of sp³-hybridized carbons (Fsp3) is 0.526. The summed E-state index contributed by atoms with van der Waals surface area (Å²) in [5.41, 5.74) is 10.7. The number of rotatable bonds is 14. The van der Waals surface area contributed by atoms with Crippen molar-refractivity contribution in [2.75, 3.05) is 6.61 Å². The van der Waals surface area contributed by atoms with Gasteiger partial charge in [-0.2, -0.15) is 0 Å². The zero-order valence-electron chi connectivity index (χ0n) is 18.7. The van der Waals surface area contributed by atoms with Gasteiger partial charge in [0, 0.05) is 11.6 Å². The van der Waals surface area contributed by atoms with Crippen molar-refractivity contribution < 1.29 is 21.9 Å². The molecule has 0 atom stereocenters. The number of hydrogen-bond acceptors (Lipinski definition) is 5. The lowest BCUT2D eigenvalue weighted by Gasteiger charge is -2.30. The molecule has 160 valence electrons. The van der Waals surface area contributed by atoms with Crippen LogP contribution in [0.2, 0.25) is 6.04 Å². The Kier molecular flexibility index (Phi) is 14.6. The zero-order valence-corrected chi connectivity index (χ0v) is 24.0. The molecule has 0 rings (SSSR count). The van der Waals surface area contributed by atoms with Gasteiger partial charge in [0.15, 0.2) is 29.3 Å². The number of hydrogen-bond donors (Lipinski definition) is 0. The molecule has 0 saturated heterocycles. The molecule has 0 fully saturated rings. The molecule has 0 unspecified atom stereocenters. The van der Waals surface area contributed by atoms with Crippen molar-refractivity contribution in [3.8, 4) is 0 Å². The lowest BCUT2D eigenvalue weighted by molar-refractivity contribution is -0.138. The minimum atomic E-state index is -2.76. The fourth-order valence-electron chi connectivity index (χ4n) is 1.92. The third-order valence-electron chi connectivity index (χ3n) is 3.59. The van der Waals surface area contributed by atoms with Gasteiger partial charge in [-0.15, -0.1) is 0 Å². The molecule has 0 aromatic carbocycles. The predicted octanol–water partition coefficient (Wildman–Crippen LogP) is 2.51. The van der Waals surface area contributed by atoms with Crippen molar-refractivity contribution in [2.45, 2.75) is 60.9 Å². The monoisotopic (exact) mass is 458 g/mol. The molecule has 0 amide bonds. The summed E-state index contributed by atoms with van der Waals surface area (Å²) in [5.74, 6) is -0.355. The molecule has 0 aliphatic heterocycles. The molecular weight excluding hydrogens is 421 g/mol. The maximum atomic E-state index is 11.6. The second kappa shape index (κ2) is 15.1. The Morgan fingerprint density at radius 3 is 1.54 bits per heavy atom. The zero-order chi connectivity index (χ0) is 21.6. The van der Waals surface area contributed by atoms with E-state index in [1.165, 1.54) is 16.7 Å². The van der Waals surface area contributed by atoms with E-state index in [-0.39, 0.29) is 5.97 Å². The van der Waals surface area contributed by atoms with Crippen molar-refractivity contribution in [2.24, 2.45) is 0 Å². The van der Waals surface area contributed by atoms with Crippen molar-refractivity contribution in [1.29, 1.82) is 0 Å². The molecule has 0 N–H and O–H groups in total. The normalized spacial score (nSPS) is 13.8. The van der Waals surface area contributed by atoms with Gasteiger partial charge in [0.1, 0.15) is 0 Å². The summed E-state index contributed by atoms with van der Waals surface area (Å²) in [7, 11) is -5.36. The van der Waals surface area contributed by atoms with Crippen LogP contribution in [0.4, 0.5) is 0 Å². The van der Waals surface area contributed by atoms with Crippen molar-refractivity contribution in [1.82, 2.24) is 0 Å². The first-order chi connectivity index (χ1) is 13.1. The number of carbonyl (C=O) groups excluding carboxylic acids is 1. The number of esters is 1. The van der Waals surface area contributed by atoms with E-state index >= 15 is 0 Å². The predicted molar refractivity (Wildman–Crippen MR) is 128 cm³/mol. The van der Waals surface area contributed by atoms with Crippen LogP contribution in [-0.2, 0) is 21.9 Å². The van der Waals surface area contributed by atoms with Crippen LogP contribution in [0.15, 0.2) is 46.0 Å². The molecule has 9 heteroatoms. The highest BCUT2D eigenvalue weighted by Crippen LogP contribution is 2.18. The summed E-state index contributed by atoms with van der Waals surface area (Å²) < 4.78 is 24.3. The number of carbonyl (C=O) groups is 1. The van der Waals surface area contributed by atoms with Crippen molar-refractivity contribution in [3.63, 3.8) is 0 Å². The molecule has 0 radical (unpaired) electrons. The van der Waals surface area contributed by atoms with E-state index in [4.69, 9.17) is 17.1 Å². The molecule has 0 spiro atoms. The minimum absolute atomic E-state index is 0.328. The lowest BCUT2D eigenvalue weighted by atomic mass is 10.4. The van der Waals surface area contributed by atoms with E-state index < -0.39 is 38.1 Å². The highest BCUT2D eigenvalue weighted by molar-refractivity contribution is 6.75. The van der Waals surface area contributed by atoms with Gasteiger partial charge in [-0.1, -0.05) is 40.4 Å². The van der Waals surface area contributed by atoms with Gasteiger partial charge in [0.25, 0.3) is 0 Å². The Balaban J connectivity index is 5.18. The van der Waals surface area contributed by atoms with Crippen molar-refractivity contribution in [3.05, 3.63) is 46.0 Å². The molecular formula is C19H38O5Si4. The Labute approximate surface area is 179 Å². The summed E-state index contributed by atoms with van der Waals surface area (Å²) in [6, 6.07) is 0.674. The van der Waals surface area contributed by atoms with E-state index in [0.29, 0.717) is 24.6 Å². The fourth-order valence-corrected chi connectivity index (χ4v) is 12.5. The smallest absolute Gasteiger partial charge is 0.462 e. The largest absolute Gasteiger partial charge is 0.469 e. The second-order valence-electron chi connectivity index (χ2n) is 7.48. The Bertz CT molecular complexity index is 532. The highest BCUT2D eigenvalue weighted by Gasteiger charge is 2.38. The average Bonchev–Trinajstić information content (AvgIpc) is 2.57. The van der Waals surface area contributed by atoms with Gasteiger partial charge in [-0.05, 0) is 54.9 Å². The summed E-state index contributed by atoms with van der Waals surface area (Å²) in [4.78, 5) is 11.6. The first-order valence-corrected chi connectivity index (χ1v) is 15.8. The molecule has 0 heterocycles. The Morgan fingerprint density at radius 2 is 1.21 bits per heavy atom. The SMILES string of the molecule is C=C(C)C(=O)OCCC[Si](O[SiH2]C=C(C)C)(O[SiH2]C=C(C)C)O[SiH2]C=C(C)C.